The summed E-state index contributed by atoms with van der Waals surface area (Å²) in [6.07, 6.45) is 6.67. The third-order valence-corrected chi connectivity index (χ3v) is 5.34. The molecule has 2 aliphatic rings. The SMILES string of the molecule is CCc1nc2n(n1)CC(NC(=O)Nc1ccc(OC3CCCC3)c(F)c1)CC2. The lowest BCUT2D eigenvalue weighted by atomic mass is 10.1. The van der Waals surface area contributed by atoms with E-state index in [-0.39, 0.29) is 23.9 Å². The molecule has 1 unspecified atom stereocenters. The summed E-state index contributed by atoms with van der Waals surface area (Å²) in [6, 6.07) is 4.16. The average Bonchev–Trinajstić information content (AvgIpc) is 3.32. The van der Waals surface area contributed by atoms with Gasteiger partial charge in [0, 0.05) is 24.6 Å². The number of benzene rings is 1. The van der Waals surface area contributed by atoms with Crippen LogP contribution in [0.1, 0.15) is 50.7 Å². The maximum atomic E-state index is 14.3. The molecule has 28 heavy (non-hydrogen) atoms. The molecule has 0 radical (unpaired) electrons. The number of ether oxygens (including phenoxy) is 1. The van der Waals surface area contributed by atoms with Crippen molar-refractivity contribution in [1.82, 2.24) is 20.1 Å². The number of urea groups is 1. The van der Waals surface area contributed by atoms with E-state index in [2.05, 4.69) is 20.7 Å². The molecule has 1 aliphatic carbocycles. The van der Waals surface area contributed by atoms with E-state index in [1.54, 1.807) is 12.1 Å². The zero-order valence-corrected chi connectivity index (χ0v) is 16.1. The van der Waals surface area contributed by atoms with Gasteiger partial charge in [-0.25, -0.2) is 18.9 Å². The van der Waals surface area contributed by atoms with Crippen LogP contribution in [0.2, 0.25) is 0 Å². The summed E-state index contributed by atoms with van der Waals surface area (Å²) in [5, 5.41) is 10.1. The number of nitrogens with one attached hydrogen (secondary N) is 2. The van der Waals surface area contributed by atoms with Gasteiger partial charge in [-0.1, -0.05) is 6.92 Å². The van der Waals surface area contributed by atoms with Gasteiger partial charge in [0.05, 0.1) is 18.7 Å². The molecule has 7 nitrogen and oxygen atoms in total. The Bertz CT molecular complexity index is 847. The van der Waals surface area contributed by atoms with Gasteiger partial charge in [-0.2, -0.15) is 5.10 Å². The fraction of sp³-hybridized carbons (Fsp3) is 0.550. The van der Waals surface area contributed by atoms with Crippen molar-refractivity contribution in [3.05, 3.63) is 35.7 Å². The summed E-state index contributed by atoms with van der Waals surface area (Å²) in [5.74, 6) is 1.59. The van der Waals surface area contributed by atoms with E-state index in [1.165, 1.54) is 6.07 Å². The van der Waals surface area contributed by atoms with E-state index >= 15 is 0 Å². The van der Waals surface area contributed by atoms with Gasteiger partial charge in [-0.05, 0) is 44.2 Å². The van der Waals surface area contributed by atoms with Crippen LogP contribution in [0.3, 0.4) is 0 Å². The van der Waals surface area contributed by atoms with Crippen molar-refractivity contribution >= 4 is 11.7 Å². The second-order valence-electron chi connectivity index (χ2n) is 7.48. The molecule has 0 bridgehead atoms. The Hall–Kier alpha value is -2.64. The second kappa shape index (κ2) is 8.16. The Morgan fingerprint density at radius 3 is 2.89 bits per heavy atom. The number of fused-ring (bicyclic) bond motifs is 1. The van der Waals surface area contributed by atoms with Crippen molar-refractivity contribution < 1.29 is 13.9 Å². The first-order valence-electron chi connectivity index (χ1n) is 10.1. The van der Waals surface area contributed by atoms with Crippen LogP contribution in [0.4, 0.5) is 14.9 Å². The van der Waals surface area contributed by atoms with Crippen LogP contribution in [-0.2, 0) is 19.4 Å². The number of amides is 2. The van der Waals surface area contributed by atoms with Gasteiger partial charge >= 0.3 is 6.03 Å². The smallest absolute Gasteiger partial charge is 0.319 e. The first-order valence-corrected chi connectivity index (χ1v) is 10.1. The van der Waals surface area contributed by atoms with Gasteiger partial charge in [0.2, 0.25) is 0 Å². The molecular formula is C20H26FN5O2. The van der Waals surface area contributed by atoms with Crippen LogP contribution >= 0.6 is 0 Å². The van der Waals surface area contributed by atoms with E-state index in [0.717, 1.165) is 56.6 Å². The molecule has 1 aliphatic heterocycles. The van der Waals surface area contributed by atoms with Gasteiger partial charge in [0.15, 0.2) is 17.4 Å². The first kappa shape index (κ1) is 18.7. The lowest BCUT2D eigenvalue weighted by Gasteiger charge is -2.23. The summed E-state index contributed by atoms with van der Waals surface area (Å²) in [7, 11) is 0. The fourth-order valence-corrected chi connectivity index (χ4v) is 3.84. The number of carbonyl (C=O) groups excluding carboxylic acids is 1. The number of anilines is 1. The number of halogens is 1. The zero-order valence-electron chi connectivity index (χ0n) is 16.1. The lowest BCUT2D eigenvalue weighted by molar-refractivity contribution is 0.201. The van der Waals surface area contributed by atoms with E-state index < -0.39 is 5.82 Å². The van der Waals surface area contributed by atoms with Gasteiger partial charge < -0.3 is 15.4 Å². The topological polar surface area (TPSA) is 81.1 Å². The predicted octanol–water partition coefficient (Wildman–Crippen LogP) is 3.44. The molecule has 1 fully saturated rings. The highest BCUT2D eigenvalue weighted by Crippen LogP contribution is 2.27. The summed E-state index contributed by atoms with van der Waals surface area (Å²) < 4.78 is 21.9. The number of aryl methyl sites for hydroxylation is 2. The van der Waals surface area contributed by atoms with E-state index in [1.807, 2.05) is 11.6 Å². The third kappa shape index (κ3) is 4.26. The molecule has 4 rings (SSSR count). The molecule has 1 atom stereocenters. The number of aromatic nitrogens is 3. The minimum Gasteiger partial charge on any atom is -0.487 e. The molecule has 1 aromatic heterocycles. The van der Waals surface area contributed by atoms with Crippen LogP contribution < -0.4 is 15.4 Å². The van der Waals surface area contributed by atoms with Gasteiger partial charge in [0.1, 0.15) is 5.82 Å². The number of hydrogen-bond acceptors (Lipinski definition) is 4. The van der Waals surface area contributed by atoms with Crippen molar-refractivity contribution in [2.24, 2.45) is 0 Å². The Morgan fingerprint density at radius 2 is 2.14 bits per heavy atom. The normalized spacial score (nSPS) is 19.3. The van der Waals surface area contributed by atoms with E-state index in [9.17, 15) is 9.18 Å². The highest BCUT2D eigenvalue weighted by Gasteiger charge is 2.23. The zero-order chi connectivity index (χ0) is 19.5. The molecule has 2 heterocycles. The van der Waals surface area contributed by atoms with Gasteiger partial charge in [-0.15, -0.1) is 0 Å². The molecule has 0 saturated heterocycles. The minimum absolute atomic E-state index is 0.0336. The number of rotatable bonds is 5. The van der Waals surface area contributed by atoms with Crippen molar-refractivity contribution in [1.29, 1.82) is 0 Å². The summed E-state index contributed by atoms with van der Waals surface area (Å²) in [6.45, 7) is 2.62. The van der Waals surface area contributed by atoms with Gasteiger partial charge in [-0.3, -0.25) is 0 Å². The maximum Gasteiger partial charge on any atom is 0.319 e. The van der Waals surface area contributed by atoms with Crippen molar-refractivity contribution in [3.63, 3.8) is 0 Å². The Labute approximate surface area is 163 Å². The van der Waals surface area contributed by atoms with Crippen LogP contribution in [-0.4, -0.2) is 32.9 Å². The van der Waals surface area contributed by atoms with Crippen LogP contribution in [0, 0.1) is 5.82 Å². The van der Waals surface area contributed by atoms with Crippen molar-refractivity contribution in [2.75, 3.05) is 5.32 Å². The quantitative estimate of drug-likeness (QED) is 0.824. The number of hydrogen-bond donors (Lipinski definition) is 2. The molecule has 2 aromatic rings. The van der Waals surface area contributed by atoms with Crippen LogP contribution in [0.25, 0.3) is 0 Å². The fourth-order valence-electron chi connectivity index (χ4n) is 3.84. The predicted molar refractivity (Wildman–Crippen MR) is 103 cm³/mol. The molecular weight excluding hydrogens is 361 g/mol. The molecule has 150 valence electrons. The Kier molecular flexibility index (Phi) is 5.45. The van der Waals surface area contributed by atoms with E-state index in [4.69, 9.17) is 4.74 Å². The monoisotopic (exact) mass is 387 g/mol. The average molecular weight is 387 g/mol. The van der Waals surface area contributed by atoms with E-state index in [0.29, 0.717) is 12.2 Å². The van der Waals surface area contributed by atoms with Crippen LogP contribution in [0.15, 0.2) is 18.2 Å². The Morgan fingerprint density at radius 1 is 1.32 bits per heavy atom. The maximum absolute atomic E-state index is 14.3. The molecule has 1 aromatic carbocycles. The summed E-state index contributed by atoms with van der Waals surface area (Å²) in [5.41, 5.74) is 0.402. The molecule has 2 amide bonds. The standard InChI is InChI=1S/C20H26FN5O2/c1-2-18-24-19-10-8-14(12-26(19)25-18)23-20(27)22-13-7-9-17(16(21)11-13)28-15-5-3-4-6-15/h7,9,11,14-15H,2-6,8,10,12H2,1H3,(H2,22,23,27). The summed E-state index contributed by atoms with van der Waals surface area (Å²) >= 11 is 0. The first-order chi connectivity index (χ1) is 13.6. The Balaban J connectivity index is 1.31. The summed E-state index contributed by atoms with van der Waals surface area (Å²) in [4.78, 5) is 16.8. The van der Waals surface area contributed by atoms with Crippen molar-refractivity contribution in [3.8, 4) is 5.75 Å². The van der Waals surface area contributed by atoms with Crippen molar-refractivity contribution in [2.45, 2.75) is 70.6 Å². The molecule has 1 saturated carbocycles. The highest BCUT2D eigenvalue weighted by molar-refractivity contribution is 5.89. The lowest BCUT2D eigenvalue weighted by Crippen LogP contribution is -2.43. The minimum atomic E-state index is -0.457. The van der Waals surface area contributed by atoms with Crippen LogP contribution in [0.5, 0.6) is 5.75 Å². The largest absolute Gasteiger partial charge is 0.487 e. The van der Waals surface area contributed by atoms with Gasteiger partial charge in [0.25, 0.3) is 0 Å². The molecule has 0 spiro atoms. The molecule has 2 N–H and O–H groups in total. The second-order valence-corrected chi connectivity index (χ2v) is 7.48. The molecule has 8 heteroatoms. The number of carbonyl (C=O) groups is 1. The highest BCUT2D eigenvalue weighted by atomic mass is 19.1. The number of nitrogens with zero attached hydrogens (tertiary/aromatic N) is 3. The third-order valence-electron chi connectivity index (χ3n) is 5.34.